The first-order chi connectivity index (χ1) is 13.4. The number of carboxylic acids is 1. The first kappa shape index (κ1) is 19.8. The molecule has 3 aromatic rings. The summed E-state index contributed by atoms with van der Waals surface area (Å²) in [6.07, 6.45) is 1.54. The highest BCUT2D eigenvalue weighted by Crippen LogP contribution is 2.27. The Hall–Kier alpha value is -2.99. The summed E-state index contributed by atoms with van der Waals surface area (Å²) in [5.41, 5.74) is 1.49. The van der Waals surface area contributed by atoms with E-state index < -0.39 is 17.7 Å². The summed E-state index contributed by atoms with van der Waals surface area (Å²) in [5.74, 6) is -2.12. The van der Waals surface area contributed by atoms with Gasteiger partial charge in [-0.1, -0.05) is 53.2 Å². The molecule has 0 spiro atoms. The number of carbonyl (C=O) groups excluding carboxylic acids is 1. The van der Waals surface area contributed by atoms with Gasteiger partial charge in [0.1, 0.15) is 5.82 Å². The first-order valence-corrected chi connectivity index (χ1v) is 9.41. The van der Waals surface area contributed by atoms with Gasteiger partial charge in [-0.25, -0.2) is 9.18 Å². The van der Waals surface area contributed by atoms with Crippen molar-refractivity contribution in [2.75, 3.05) is 5.32 Å². The van der Waals surface area contributed by atoms with Gasteiger partial charge in [-0.2, -0.15) is 0 Å². The van der Waals surface area contributed by atoms with Crippen molar-refractivity contribution in [3.63, 3.8) is 0 Å². The Morgan fingerprint density at radius 1 is 1.14 bits per heavy atom. The molecular formula is C22H17BrFNO3. The largest absolute Gasteiger partial charge is 0.478 e. The molecule has 6 heteroatoms. The maximum Gasteiger partial charge on any atom is 0.328 e. The summed E-state index contributed by atoms with van der Waals surface area (Å²) in [5, 5.41) is 13.2. The summed E-state index contributed by atoms with van der Waals surface area (Å²) in [6.45, 7) is 1.81. The van der Waals surface area contributed by atoms with Crippen LogP contribution in [0.15, 0.2) is 65.1 Å². The number of fused-ring (bicyclic) bond motifs is 1. The smallest absolute Gasteiger partial charge is 0.328 e. The summed E-state index contributed by atoms with van der Waals surface area (Å²) >= 11 is 3.40. The molecule has 0 unspecified atom stereocenters. The number of amides is 1. The van der Waals surface area contributed by atoms with Gasteiger partial charge in [0.15, 0.2) is 0 Å². The number of nitrogens with one attached hydrogen (secondary N) is 1. The predicted molar refractivity (Wildman–Crippen MR) is 112 cm³/mol. The van der Waals surface area contributed by atoms with Crippen molar-refractivity contribution in [2.24, 2.45) is 0 Å². The Labute approximate surface area is 169 Å². The lowest BCUT2D eigenvalue weighted by Gasteiger charge is -2.12. The van der Waals surface area contributed by atoms with Crippen LogP contribution in [0, 0.1) is 5.82 Å². The normalized spacial score (nSPS) is 11.5. The maximum atomic E-state index is 14.3. The van der Waals surface area contributed by atoms with Crippen LogP contribution in [-0.4, -0.2) is 17.0 Å². The standard InChI is InChI=1S/C22H17BrFNO3/c1-2-13(11-21(26)27)14-7-8-19(24)20(10-14)25-22(28)18-12-16(23)9-15-5-3-4-6-17(15)18/h3-12H,2H2,1H3,(H,25,28)(H,26,27)/b13-11+. The molecule has 0 atom stereocenters. The molecule has 0 aliphatic heterocycles. The van der Waals surface area contributed by atoms with Gasteiger partial charge in [-0.15, -0.1) is 0 Å². The van der Waals surface area contributed by atoms with E-state index in [2.05, 4.69) is 21.2 Å². The zero-order valence-corrected chi connectivity index (χ0v) is 16.6. The van der Waals surface area contributed by atoms with E-state index in [1.54, 1.807) is 6.07 Å². The van der Waals surface area contributed by atoms with Crippen LogP contribution in [0.1, 0.15) is 29.3 Å². The molecule has 4 nitrogen and oxygen atoms in total. The molecule has 142 valence electrons. The molecule has 0 aliphatic carbocycles. The fourth-order valence-corrected chi connectivity index (χ4v) is 3.49. The molecule has 1 amide bonds. The topological polar surface area (TPSA) is 66.4 Å². The monoisotopic (exact) mass is 441 g/mol. The number of rotatable bonds is 5. The molecule has 0 bridgehead atoms. The van der Waals surface area contributed by atoms with E-state index in [0.717, 1.165) is 21.3 Å². The van der Waals surface area contributed by atoms with Gasteiger partial charge in [0.05, 0.1) is 5.69 Å². The number of allylic oxidation sites excluding steroid dienone is 1. The zero-order chi connectivity index (χ0) is 20.3. The average Bonchev–Trinajstić information content (AvgIpc) is 2.67. The number of hydrogen-bond donors (Lipinski definition) is 2. The van der Waals surface area contributed by atoms with Gasteiger partial charge >= 0.3 is 5.97 Å². The highest BCUT2D eigenvalue weighted by molar-refractivity contribution is 9.10. The Balaban J connectivity index is 1.99. The minimum absolute atomic E-state index is 0.00343. The molecule has 0 fully saturated rings. The molecule has 3 rings (SSSR count). The minimum atomic E-state index is -1.08. The van der Waals surface area contributed by atoms with Crippen LogP contribution in [-0.2, 0) is 4.79 Å². The second-order valence-electron chi connectivity index (χ2n) is 6.18. The number of benzene rings is 3. The number of halogens is 2. The summed E-state index contributed by atoms with van der Waals surface area (Å²) in [6, 6.07) is 15.2. The number of aliphatic carboxylic acids is 1. The third-order valence-corrected chi connectivity index (χ3v) is 4.79. The SMILES string of the molecule is CC/C(=C\C(=O)O)c1ccc(F)c(NC(=O)c2cc(Br)cc3ccccc23)c1. The molecule has 0 aliphatic rings. The third-order valence-electron chi connectivity index (χ3n) is 4.34. The quantitative estimate of drug-likeness (QED) is 0.486. The number of carboxylic acid groups (broad SMARTS) is 1. The number of anilines is 1. The van der Waals surface area contributed by atoms with Crippen molar-refractivity contribution >= 4 is 49.8 Å². The molecule has 0 aromatic heterocycles. The number of hydrogen-bond acceptors (Lipinski definition) is 2. The first-order valence-electron chi connectivity index (χ1n) is 8.62. The Kier molecular flexibility index (Phi) is 5.90. The summed E-state index contributed by atoms with van der Waals surface area (Å²) < 4.78 is 15.0. The van der Waals surface area contributed by atoms with E-state index in [1.807, 2.05) is 37.3 Å². The van der Waals surface area contributed by atoms with Crippen molar-refractivity contribution in [3.05, 3.63) is 82.1 Å². The van der Waals surface area contributed by atoms with Crippen molar-refractivity contribution in [1.82, 2.24) is 0 Å². The van der Waals surface area contributed by atoms with Crippen LogP contribution >= 0.6 is 15.9 Å². The van der Waals surface area contributed by atoms with Gasteiger partial charge < -0.3 is 10.4 Å². The van der Waals surface area contributed by atoms with Crippen molar-refractivity contribution in [3.8, 4) is 0 Å². The molecule has 0 saturated carbocycles. The van der Waals surface area contributed by atoms with E-state index in [0.29, 0.717) is 23.1 Å². The minimum Gasteiger partial charge on any atom is -0.478 e. The van der Waals surface area contributed by atoms with E-state index in [-0.39, 0.29) is 5.69 Å². The number of carbonyl (C=O) groups is 2. The molecule has 28 heavy (non-hydrogen) atoms. The second-order valence-corrected chi connectivity index (χ2v) is 7.10. The van der Waals surface area contributed by atoms with Gasteiger partial charge in [0.25, 0.3) is 5.91 Å². The lowest BCUT2D eigenvalue weighted by Crippen LogP contribution is -2.14. The van der Waals surface area contributed by atoms with Gasteiger partial charge in [-0.05, 0) is 52.6 Å². The van der Waals surface area contributed by atoms with Crippen molar-refractivity contribution in [1.29, 1.82) is 0 Å². The third kappa shape index (κ3) is 4.28. The van der Waals surface area contributed by atoms with Gasteiger partial charge in [-0.3, -0.25) is 4.79 Å². The van der Waals surface area contributed by atoms with Gasteiger partial charge in [0, 0.05) is 16.1 Å². The van der Waals surface area contributed by atoms with Crippen LogP contribution in [0.5, 0.6) is 0 Å². The van der Waals surface area contributed by atoms with E-state index in [4.69, 9.17) is 5.11 Å². The lowest BCUT2D eigenvalue weighted by molar-refractivity contribution is -0.131. The molecule has 0 saturated heterocycles. The van der Waals surface area contributed by atoms with Crippen LogP contribution in [0.25, 0.3) is 16.3 Å². The van der Waals surface area contributed by atoms with E-state index in [1.165, 1.54) is 18.2 Å². The summed E-state index contributed by atoms with van der Waals surface area (Å²) in [4.78, 5) is 23.8. The fourth-order valence-electron chi connectivity index (χ4n) is 3.01. The van der Waals surface area contributed by atoms with Crippen molar-refractivity contribution < 1.29 is 19.1 Å². The van der Waals surface area contributed by atoms with E-state index >= 15 is 0 Å². The van der Waals surface area contributed by atoms with E-state index in [9.17, 15) is 14.0 Å². The zero-order valence-electron chi connectivity index (χ0n) is 15.0. The Morgan fingerprint density at radius 3 is 2.61 bits per heavy atom. The predicted octanol–water partition coefficient (Wildman–Crippen LogP) is 5.87. The highest BCUT2D eigenvalue weighted by atomic mass is 79.9. The fraction of sp³-hybridized carbons (Fsp3) is 0.0909. The molecule has 3 aromatic carbocycles. The Bertz CT molecular complexity index is 1110. The maximum absolute atomic E-state index is 14.3. The highest BCUT2D eigenvalue weighted by Gasteiger charge is 2.15. The molecular weight excluding hydrogens is 425 g/mol. The second kappa shape index (κ2) is 8.35. The molecule has 2 N–H and O–H groups in total. The average molecular weight is 442 g/mol. The van der Waals surface area contributed by atoms with Crippen LogP contribution in [0.4, 0.5) is 10.1 Å². The molecule has 0 radical (unpaired) electrons. The van der Waals surface area contributed by atoms with Crippen LogP contribution in [0.3, 0.4) is 0 Å². The van der Waals surface area contributed by atoms with Gasteiger partial charge in [0.2, 0.25) is 0 Å². The van der Waals surface area contributed by atoms with Crippen LogP contribution < -0.4 is 5.32 Å². The Morgan fingerprint density at radius 2 is 1.89 bits per heavy atom. The summed E-state index contributed by atoms with van der Waals surface area (Å²) in [7, 11) is 0. The van der Waals surface area contributed by atoms with Crippen LogP contribution in [0.2, 0.25) is 0 Å². The lowest BCUT2D eigenvalue weighted by atomic mass is 10.0. The van der Waals surface area contributed by atoms with Crippen molar-refractivity contribution in [2.45, 2.75) is 13.3 Å². The molecule has 0 heterocycles.